The van der Waals surface area contributed by atoms with Crippen molar-refractivity contribution in [1.82, 2.24) is 0 Å². The molecule has 0 aromatic rings. The molecule has 0 bridgehead atoms. The molecule has 0 spiro atoms. The molecule has 5 heteroatoms. The molecule has 4 nitrogen and oxygen atoms in total. The van der Waals surface area contributed by atoms with E-state index in [1.165, 1.54) is 0 Å². The van der Waals surface area contributed by atoms with Crippen molar-refractivity contribution in [2.75, 3.05) is 0 Å². The lowest BCUT2D eigenvalue weighted by Crippen LogP contribution is -3.01. The minimum absolute atomic E-state index is 0. The fourth-order valence-electron chi connectivity index (χ4n) is 0. The molecule has 0 heterocycles. The van der Waals surface area contributed by atoms with Crippen LogP contribution in [0.4, 0.5) is 0 Å². The van der Waals surface area contributed by atoms with Crippen LogP contribution in [0.15, 0.2) is 0 Å². The van der Waals surface area contributed by atoms with E-state index < -0.39 is 5.39 Å². The third-order valence-corrected chi connectivity index (χ3v) is 0. The van der Waals surface area contributed by atoms with Crippen molar-refractivity contribution < 1.29 is 32.8 Å². The summed E-state index contributed by atoms with van der Waals surface area (Å²) < 4.78 is 0. The van der Waals surface area contributed by atoms with Gasteiger partial charge in [0.15, 0.2) is 0 Å². The molecule has 3 N–H and O–H groups in total. The minimum atomic E-state index is -1.83. The summed E-state index contributed by atoms with van der Waals surface area (Å²) >= 11 is 0. The Morgan fingerprint density at radius 1 is 1.40 bits per heavy atom. The topological polar surface area (TPSA) is 68.0 Å². The lowest BCUT2D eigenvalue weighted by molar-refractivity contribution is -1.20. The highest BCUT2D eigenvalue weighted by atomic mass is 79.9. The standard InChI is InChI=1S/BrH.H3NO3/c;2-1(3)4/h1H;1-3H/p-1. The predicted octanol–water partition coefficient (Wildman–Crippen LogP) is -4.85. The molecule has 0 saturated heterocycles. The van der Waals surface area contributed by atoms with Crippen LogP contribution < -0.4 is 22.4 Å². The van der Waals surface area contributed by atoms with Crippen molar-refractivity contribution in [2.45, 2.75) is 0 Å². The highest BCUT2D eigenvalue weighted by Crippen LogP contribution is 0.898. The van der Waals surface area contributed by atoms with Crippen molar-refractivity contribution in [1.29, 1.82) is 0 Å². The Labute approximate surface area is 38.9 Å². The number of halogens is 1. The van der Waals surface area contributed by atoms with E-state index in [9.17, 15) is 0 Å². The van der Waals surface area contributed by atoms with Crippen LogP contribution in [0.25, 0.3) is 0 Å². The van der Waals surface area contributed by atoms with Crippen LogP contribution in [0.3, 0.4) is 0 Å². The van der Waals surface area contributed by atoms with E-state index in [4.69, 9.17) is 15.6 Å². The Bertz CT molecular complexity index is 11.6. The van der Waals surface area contributed by atoms with Gasteiger partial charge in [-0.25, -0.2) is 0 Å². The van der Waals surface area contributed by atoms with Gasteiger partial charge in [0.25, 0.3) is 0 Å². The van der Waals surface area contributed by atoms with E-state index in [1.807, 2.05) is 0 Å². The van der Waals surface area contributed by atoms with Crippen LogP contribution in [0.5, 0.6) is 0 Å². The van der Waals surface area contributed by atoms with Crippen molar-refractivity contribution in [2.24, 2.45) is 0 Å². The molecule has 0 atom stereocenters. The Balaban J connectivity index is 0. The van der Waals surface area contributed by atoms with Crippen molar-refractivity contribution >= 4 is 0 Å². The molecule has 0 aliphatic rings. The van der Waals surface area contributed by atoms with E-state index in [1.54, 1.807) is 0 Å². The average molecular weight is 145 g/mol. The van der Waals surface area contributed by atoms with Crippen molar-refractivity contribution in [3.8, 4) is 0 Å². The lowest BCUT2D eigenvalue weighted by Gasteiger charge is -1.94. The number of hydrogen-bond acceptors (Lipinski definition) is 3. The first-order chi connectivity index (χ1) is 1.73. The quantitative estimate of drug-likeness (QED) is 0.299. The summed E-state index contributed by atoms with van der Waals surface area (Å²) in [4.78, 5) is 0. The van der Waals surface area contributed by atoms with Gasteiger partial charge < -0.3 is 22.2 Å². The molecule has 34 valence electrons. The van der Waals surface area contributed by atoms with E-state index in [2.05, 4.69) is 0 Å². The first-order valence-electron chi connectivity index (χ1n) is 0.651. The smallest absolute Gasteiger partial charge is 0.0863 e. The predicted molar refractivity (Wildman–Crippen MR) is 7.90 cm³/mol. The zero-order valence-electron chi connectivity index (χ0n) is 2.18. The summed E-state index contributed by atoms with van der Waals surface area (Å²) in [6.07, 6.45) is 0. The molecule has 0 aliphatic heterocycles. The van der Waals surface area contributed by atoms with Crippen LogP contribution in [-0.2, 0) is 0 Å². The molecular weight excluding hydrogens is 142 g/mol. The number of nitrogens with one attached hydrogen (secondary N) is 1. The molecular formula is H3BrNO3-. The van der Waals surface area contributed by atoms with Crippen LogP contribution in [-0.4, -0.2) is 10.4 Å². The normalized spacial score (nSPS) is 7.20. The third kappa shape index (κ3) is 227. The molecule has 0 radical (unpaired) electrons. The van der Waals surface area contributed by atoms with Gasteiger partial charge in [0, 0.05) is 0 Å². The molecule has 0 aliphatic carbocycles. The van der Waals surface area contributed by atoms with E-state index in [0.717, 1.165) is 0 Å². The SMILES string of the molecule is [Br-].[O-][NH+](O)O. The molecule has 0 aromatic heterocycles. The summed E-state index contributed by atoms with van der Waals surface area (Å²) in [5, 5.41) is 20.7. The average Bonchev–Trinajstić information content (AvgIpc) is 0.811. The third-order valence-electron chi connectivity index (χ3n) is 0. The molecule has 0 amide bonds. The van der Waals surface area contributed by atoms with Gasteiger partial charge in [0.1, 0.15) is 0 Å². The zero-order chi connectivity index (χ0) is 3.58. The Morgan fingerprint density at radius 2 is 1.40 bits per heavy atom. The number of quaternary nitrogens is 1. The molecule has 0 saturated carbocycles. The maximum Gasteiger partial charge on any atom is -0.0863 e. The number of rotatable bonds is 0. The van der Waals surface area contributed by atoms with Crippen molar-refractivity contribution in [3.05, 3.63) is 5.21 Å². The van der Waals surface area contributed by atoms with Gasteiger partial charge in [-0.3, -0.25) is 0 Å². The molecule has 0 unspecified atom stereocenters. The fourth-order valence-corrected chi connectivity index (χ4v) is 0. The second-order valence-corrected chi connectivity index (χ2v) is 0.283. The maximum absolute atomic E-state index is 8.56. The van der Waals surface area contributed by atoms with E-state index in [-0.39, 0.29) is 17.0 Å². The molecule has 0 fully saturated rings. The second kappa shape index (κ2) is 4.32. The summed E-state index contributed by atoms with van der Waals surface area (Å²) in [5.74, 6) is 0. The van der Waals surface area contributed by atoms with Crippen molar-refractivity contribution in [3.63, 3.8) is 0 Å². The van der Waals surface area contributed by atoms with Gasteiger partial charge in [-0.15, -0.1) is 0 Å². The lowest BCUT2D eigenvalue weighted by atomic mass is 13.0. The monoisotopic (exact) mass is 144 g/mol. The van der Waals surface area contributed by atoms with Gasteiger partial charge >= 0.3 is 0 Å². The van der Waals surface area contributed by atoms with Gasteiger partial charge in [-0.2, -0.15) is 10.4 Å². The first kappa shape index (κ1) is 9.01. The highest BCUT2D eigenvalue weighted by Gasteiger charge is 1.55. The Morgan fingerprint density at radius 3 is 1.40 bits per heavy atom. The van der Waals surface area contributed by atoms with Gasteiger partial charge in [0.05, 0.1) is 0 Å². The van der Waals surface area contributed by atoms with Crippen LogP contribution in [0.2, 0.25) is 0 Å². The van der Waals surface area contributed by atoms with Gasteiger partial charge in [0.2, 0.25) is 0 Å². The van der Waals surface area contributed by atoms with Gasteiger partial charge in [-0.1, -0.05) is 5.39 Å². The summed E-state index contributed by atoms with van der Waals surface area (Å²) in [6.45, 7) is 0. The first-order valence-corrected chi connectivity index (χ1v) is 0.651. The highest BCUT2D eigenvalue weighted by molar-refractivity contribution is 3.70. The Hall–Kier alpha value is 0.320. The fraction of sp³-hybridized carbons (Fsp3) is 0. The summed E-state index contributed by atoms with van der Waals surface area (Å²) in [6, 6.07) is 0. The maximum atomic E-state index is 8.56. The second-order valence-electron chi connectivity index (χ2n) is 0.283. The number of hydrogen-bond donors (Lipinski definition) is 3. The Kier molecular flexibility index (Phi) is 7.78. The minimum Gasteiger partial charge on any atom is -1.00 e. The zero-order valence-corrected chi connectivity index (χ0v) is 3.77. The van der Waals surface area contributed by atoms with Crippen LogP contribution in [0, 0.1) is 5.21 Å². The van der Waals surface area contributed by atoms with Gasteiger partial charge in [-0.05, 0) is 0 Å². The van der Waals surface area contributed by atoms with Crippen LogP contribution >= 0.6 is 0 Å². The van der Waals surface area contributed by atoms with E-state index >= 15 is 0 Å². The largest absolute Gasteiger partial charge is 1.00 e. The molecule has 0 rings (SSSR count). The van der Waals surface area contributed by atoms with E-state index in [0.29, 0.717) is 0 Å². The summed E-state index contributed by atoms with van der Waals surface area (Å²) in [5.41, 5.74) is 0. The molecule has 5 heavy (non-hydrogen) atoms. The molecule has 0 aromatic carbocycles. The summed E-state index contributed by atoms with van der Waals surface area (Å²) in [7, 11) is 0. The van der Waals surface area contributed by atoms with Crippen LogP contribution in [0.1, 0.15) is 0 Å².